The first kappa shape index (κ1) is 17.8. The van der Waals surface area contributed by atoms with E-state index in [-0.39, 0.29) is 29.6 Å². The lowest BCUT2D eigenvalue weighted by atomic mass is 9.79. The molecule has 3 atom stereocenters. The Kier molecular flexibility index (Phi) is 4.77. The van der Waals surface area contributed by atoms with Crippen molar-refractivity contribution in [2.45, 2.75) is 37.8 Å². The molecule has 1 aliphatic carbocycles. The van der Waals surface area contributed by atoms with Gasteiger partial charge in [-0.1, -0.05) is 6.42 Å². The first-order valence-electron chi connectivity index (χ1n) is 8.84. The van der Waals surface area contributed by atoms with Gasteiger partial charge >= 0.3 is 0 Å². The first-order chi connectivity index (χ1) is 13.0. The standard InChI is InChI=1S/C18H18BrN5O3/c19-11-8-20-18(21-9-11)22-12-3-1-2-10(6-12)16-14-5-4-13(24(26)27)7-15(14)17(25)23-16/h4-5,7-10,12,16H,1-3,6H2,(H,23,25)(H,20,21,22)/t10-,12+,16?/m0/s1. The van der Waals surface area contributed by atoms with Crippen LogP contribution in [0.25, 0.3) is 0 Å². The number of non-ortho nitro benzene ring substituents is 1. The summed E-state index contributed by atoms with van der Waals surface area (Å²) >= 11 is 3.32. The van der Waals surface area contributed by atoms with E-state index in [4.69, 9.17) is 0 Å². The van der Waals surface area contributed by atoms with E-state index in [1.54, 1.807) is 18.5 Å². The highest BCUT2D eigenvalue weighted by Gasteiger charge is 2.37. The molecule has 2 aliphatic rings. The third kappa shape index (κ3) is 3.64. The average Bonchev–Trinajstić information content (AvgIpc) is 3.00. The summed E-state index contributed by atoms with van der Waals surface area (Å²) < 4.78 is 0.828. The zero-order chi connectivity index (χ0) is 19.0. The number of aromatic nitrogens is 2. The number of nitrogens with one attached hydrogen (secondary N) is 2. The summed E-state index contributed by atoms with van der Waals surface area (Å²) in [6.07, 6.45) is 7.34. The van der Waals surface area contributed by atoms with Crippen LogP contribution in [0.5, 0.6) is 0 Å². The monoisotopic (exact) mass is 431 g/mol. The Bertz CT molecular complexity index is 889. The molecule has 1 saturated carbocycles. The fourth-order valence-electron chi connectivity index (χ4n) is 4.03. The molecule has 27 heavy (non-hydrogen) atoms. The molecule has 140 valence electrons. The fraction of sp³-hybridized carbons (Fsp3) is 0.389. The summed E-state index contributed by atoms with van der Waals surface area (Å²) in [6, 6.07) is 4.68. The second kappa shape index (κ2) is 7.22. The van der Waals surface area contributed by atoms with Crippen molar-refractivity contribution in [2.75, 3.05) is 5.32 Å². The maximum absolute atomic E-state index is 12.3. The van der Waals surface area contributed by atoms with Crippen molar-refractivity contribution in [1.29, 1.82) is 0 Å². The van der Waals surface area contributed by atoms with Crippen LogP contribution in [-0.4, -0.2) is 26.8 Å². The molecule has 1 amide bonds. The van der Waals surface area contributed by atoms with Gasteiger partial charge in [0.15, 0.2) is 0 Å². The number of benzene rings is 1. The van der Waals surface area contributed by atoms with Gasteiger partial charge in [-0.15, -0.1) is 0 Å². The number of amides is 1. The lowest BCUT2D eigenvalue weighted by molar-refractivity contribution is -0.384. The second-order valence-corrected chi connectivity index (χ2v) is 7.89. The van der Waals surface area contributed by atoms with Gasteiger partial charge in [0.05, 0.1) is 21.0 Å². The summed E-state index contributed by atoms with van der Waals surface area (Å²) in [5.74, 6) is 0.624. The maximum Gasteiger partial charge on any atom is 0.270 e. The van der Waals surface area contributed by atoms with Crippen molar-refractivity contribution in [3.8, 4) is 0 Å². The van der Waals surface area contributed by atoms with E-state index in [2.05, 4.69) is 36.5 Å². The van der Waals surface area contributed by atoms with E-state index < -0.39 is 4.92 Å². The summed E-state index contributed by atoms with van der Waals surface area (Å²) in [5, 5.41) is 17.4. The van der Waals surface area contributed by atoms with Gasteiger partial charge in [0.2, 0.25) is 5.95 Å². The summed E-state index contributed by atoms with van der Waals surface area (Å²) in [5.41, 5.74) is 1.22. The van der Waals surface area contributed by atoms with Crippen molar-refractivity contribution in [3.63, 3.8) is 0 Å². The molecule has 1 aliphatic heterocycles. The highest BCUT2D eigenvalue weighted by Crippen LogP contribution is 2.40. The number of nitro groups is 1. The number of nitrogens with zero attached hydrogens (tertiary/aromatic N) is 3. The second-order valence-electron chi connectivity index (χ2n) is 6.97. The van der Waals surface area contributed by atoms with Crippen molar-refractivity contribution in [3.05, 3.63) is 56.3 Å². The summed E-state index contributed by atoms with van der Waals surface area (Å²) in [4.78, 5) is 31.4. The molecule has 2 N–H and O–H groups in total. The van der Waals surface area contributed by atoms with Gasteiger partial charge in [-0.05, 0) is 52.7 Å². The molecule has 9 heteroatoms. The minimum atomic E-state index is -0.473. The Labute approximate surface area is 164 Å². The van der Waals surface area contributed by atoms with Crippen LogP contribution in [0.2, 0.25) is 0 Å². The van der Waals surface area contributed by atoms with Crippen molar-refractivity contribution < 1.29 is 9.72 Å². The van der Waals surface area contributed by atoms with E-state index in [0.717, 1.165) is 35.7 Å². The van der Waals surface area contributed by atoms with Crippen molar-refractivity contribution >= 4 is 33.5 Å². The fourth-order valence-corrected chi connectivity index (χ4v) is 4.23. The highest BCUT2D eigenvalue weighted by atomic mass is 79.9. The van der Waals surface area contributed by atoms with Crippen LogP contribution in [-0.2, 0) is 0 Å². The molecule has 2 aromatic rings. The van der Waals surface area contributed by atoms with Crippen molar-refractivity contribution in [2.24, 2.45) is 5.92 Å². The van der Waals surface area contributed by atoms with Crippen LogP contribution >= 0.6 is 15.9 Å². The van der Waals surface area contributed by atoms with E-state index in [0.29, 0.717) is 11.5 Å². The predicted molar refractivity (Wildman–Crippen MR) is 102 cm³/mol. The quantitative estimate of drug-likeness (QED) is 0.564. The highest BCUT2D eigenvalue weighted by molar-refractivity contribution is 9.10. The number of fused-ring (bicyclic) bond motifs is 1. The molecule has 1 aromatic heterocycles. The third-order valence-corrected chi connectivity index (χ3v) is 5.66. The average molecular weight is 432 g/mol. The smallest absolute Gasteiger partial charge is 0.270 e. The Balaban J connectivity index is 1.50. The van der Waals surface area contributed by atoms with Crippen LogP contribution in [0.15, 0.2) is 35.1 Å². The number of nitro benzene ring substituents is 1. The van der Waals surface area contributed by atoms with Gasteiger partial charge in [0.25, 0.3) is 11.6 Å². The number of carbonyl (C=O) groups excluding carboxylic acids is 1. The van der Waals surface area contributed by atoms with Gasteiger partial charge in [-0.2, -0.15) is 0 Å². The topological polar surface area (TPSA) is 110 Å². The van der Waals surface area contributed by atoms with Gasteiger partial charge in [0, 0.05) is 30.6 Å². The Hall–Kier alpha value is -2.55. The Morgan fingerprint density at radius 3 is 2.78 bits per heavy atom. The Morgan fingerprint density at radius 2 is 2.04 bits per heavy atom. The molecular weight excluding hydrogens is 414 g/mol. The zero-order valence-electron chi connectivity index (χ0n) is 14.4. The van der Waals surface area contributed by atoms with Gasteiger partial charge in [0.1, 0.15) is 0 Å². The molecule has 0 radical (unpaired) electrons. The minimum absolute atomic E-state index is 0.0554. The predicted octanol–water partition coefficient (Wildman–Crippen LogP) is 3.60. The normalized spacial score (nSPS) is 24.2. The van der Waals surface area contributed by atoms with E-state index >= 15 is 0 Å². The van der Waals surface area contributed by atoms with Crippen LogP contribution in [0.4, 0.5) is 11.6 Å². The molecule has 4 rings (SSSR count). The lowest BCUT2D eigenvalue weighted by Crippen LogP contribution is -2.34. The van der Waals surface area contributed by atoms with Crippen LogP contribution in [0.3, 0.4) is 0 Å². The number of hydrogen-bond acceptors (Lipinski definition) is 6. The van der Waals surface area contributed by atoms with Gasteiger partial charge < -0.3 is 10.6 Å². The molecule has 1 aromatic carbocycles. The van der Waals surface area contributed by atoms with Crippen LogP contribution < -0.4 is 10.6 Å². The number of hydrogen-bond donors (Lipinski definition) is 2. The largest absolute Gasteiger partial charge is 0.351 e. The molecule has 2 heterocycles. The van der Waals surface area contributed by atoms with Crippen LogP contribution in [0, 0.1) is 16.0 Å². The van der Waals surface area contributed by atoms with E-state index in [1.807, 2.05) is 0 Å². The molecule has 8 nitrogen and oxygen atoms in total. The van der Waals surface area contributed by atoms with Gasteiger partial charge in [-0.25, -0.2) is 9.97 Å². The molecule has 1 fully saturated rings. The number of anilines is 1. The number of halogens is 1. The minimum Gasteiger partial charge on any atom is -0.351 e. The maximum atomic E-state index is 12.3. The summed E-state index contributed by atoms with van der Waals surface area (Å²) in [7, 11) is 0. The first-order valence-corrected chi connectivity index (χ1v) is 9.64. The Morgan fingerprint density at radius 1 is 1.26 bits per heavy atom. The summed E-state index contributed by atoms with van der Waals surface area (Å²) in [6.45, 7) is 0. The third-order valence-electron chi connectivity index (χ3n) is 5.25. The SMILES string of the molecule is O=C1NC([C@H]2CCC[C@@H](Nc3ncc(Br)cn3)C2)c2ccc([N+](=O)[O-])cc21. The molecule has 1 unspecified atom stereocenters. The molecule has 0 bridgehead atoms. The lowest BCUT2D eigenvalue weighted by Gasteiger charge is -2.33. The number of carbonyl (C=O) groups is 1. The van der Waals surface area contributed by atoms with Gasteiger partial charge in [-0.3, -0.25) is 14.9 Å². The van der Waals surface area contributed by atoms with Crippen LogP contribution in [0.1, 0.15) is 47.6 Å². The molecule has 0 spiro atoms. The van der Waals surface area contributed by atoms with E-state index in [1.165, 1.54) is 12.1 Å². The van der Waals surface area contributed by atoms with Crippen molar-refractivity contribution in [1.82, 2.24) is 15.3 Å². The number of rotatable bonds is 4. The van der Waals surface area contributed by atoms with E-state index in [9.17, 15) is 14.9 Å². The molecule has 0 saturated heterocycles. The molecular formula is C18H18BrN5O3. The zero-order valence-corrected chi connectivity index (χ0v) is 16.0.